The van der Waals surface area contributed by atoms with Gasteiger partial charge in [0.2, 0.25) is 0 Å². The number of halogens is 1. The molecule has 2 aliphatic rings. The van der Waals surface area contributed by atoms with E-state index >= 15 is 0 Å². The van der Waals surface area contributed by atoms with Crippen LogP contribution in [0.3, 0.4) is 0 Å². The average Bonchev–Trinajstić information content (AvgIpc) is 3.34. The standard InChI is InChI=1S/C20H31BrN4O2/c1-2-22-20(23-10-13-26-15-17-6-5-12-27-17)24-16-9-11-25(14-16)19-8-4-3-7-18(19)21/h3-4,7-8,16-17H,2,5-6,9-15H2,1H3,(H2,22,23,24). The van der Waals surface area contributed by atoms with Gasteiger partial charge in [-0.3, -0.25) is 4.99 Å². The van der Waals surface area contributed by atoms with E-state index in [1.54, 1.807) is 0 Å². The highest BCUT2D eigenvalue weighted by molar-refractivity contribution is 9.10. The molecule has 0 saturated carbocycles. The zero-order chi connectivity index (χ0) is 18.9. The van der Waals surface area contributed by atoms with Gasteiger partial charge < -0.3 is 25.0 Å². The minimum absolute atomic E-state index is 0.280. The van der Waals surface area contributed by atoms with Gasteiger partial charge in [0.15, 0.2) is 5.96 Å². The largest absolute Gasteiger partial charge is 0.377 e. The molecule has 0 aromatic heterocycles. The smallest absolute Gasteiger partial charge is 0.191 e. The van der Waals surface area contributed by atoms with Crippen molar-refractivity contribution in [2.45, 2.75) is 38.3 Å². The summed E-state index contributed by atoms with van der Waals surface area (Å²) in [5, 5.41) is 6.91. The number of guanidine groups is 1. The molecule has 27 heavy (non-hydrogen) atoms. The summed E-state index contributed by atoms with van der Waals surface area (Å²) in [6, 6.07) is 8.79. The van der Waals surface area contributed by atoms with Crippen molar-refractivity contribution in [2.75, 3.05) is 50.9 Å². The number of nitrogens with one attached hydrogen (secondary N) is 2. The van der Waals surface area contributed by atoms with Gasteiger partial charge in [0, 0.05) is 36.8 Å². The Morgan fingerprint density at radius 2 is 2.26 bits per heavy atom. The normalized spacial score (nSPS) is 23.0. The molecule has 2 N–H and O–H groups in total. The SMILES string of the molecule is CCNC(=NCCOCC1CCCO1)NC1CCN(c2ccccc2Br)C1. The summed E-state index contributed by atoms with van der Waals surface area (Å²) in [4.78, 5) is 7.07. The first-order valence-electron chi connectivity index (χ1n) is 10.00. The molecule has 0 radical (unpaired) electrons. The van der Waals surface area contributed by atoms with Gasteiger partial charge in [-0.15, -0.1) is 0 Å². The first kappa shape index (κ1) is 20.4. The van der Waals surface area contributed by atoms with Gasteiger partial charge in [-0.1, -0.05) is 12.1 Å². The van der Waals surface area contributed by atoms with Crippen molar-refractivity contribution in [2.24, 2.45) is 4.99 Å². The van der Waals surface area contributed by atoms with Crippen LogP contribution in [0.4, 0.5) is 5.69 Å². The Balaban J connectivity index is 1.42. The average molecular weight is 439 g/mol. The number of hydrogen-bond donors (Lipinski definition) is 2. The molecule has 6 nitrogen and oxygen atoms in total. The number of anilines is 1. The minimum Gasteiger partial charge on any atom is -0.377 e. The minimum atomic E-state index is 0.280. The number of benzene rings is 1. The fourth-order valence-electron chi connectivity index (χ4n) is 3.53. The van der Waals surface area contributed by atoms with Crippen LogP contribution in [0.5, 0.6) is 0 Å². The lowest BCUT2D eigenvalue weighted by molar-refractivity contribution is 0.0200. The van der Waals surface area contributed by atoms with Gasteiger partial charge in [0.05, 0.1) is 31.5 Å². The van der Waals surface area contributed by atoms with Crippen LogP contribution in [0.2, 0.25) is 0 Å². The van der Waals surface area contributed by atoms with Gasteiger partial charge in [-0.2, -0.15) is 0 Å². The first-order chi connectivity index (χ1) is 13.3. The second kappa shape index (κ2) is 10.9. The van der Waals surface area contributed by atoms with Crippen LogP contribution in [0.25, 0.3) is 0 Å². The van der Waals surface area contributed by atoms with Crippen LogP contribution in [0, 0.1) is 0 Å². The lowest BCUT2D eigenvalue weighted by Gasteiger charge is -2.21. The summed E-state index contributed by atoms with van der Waals surface area (Å²) in [5.74, 6) is 0.872. The number of nitrogens with zero attached hydrogens (tertiary/aromatic N) is 2. The quantitative estimate of drug-likeness (QED) is 0.371. The summed E-state index contributed by atoms with van der Waals surface area (Å²) in [6.07, 6.45) is 3.64. The first-order valence-corrected chi connectivity index (χ1v) is 10.8. The highest BCUT2D eigenvalue weighted by Gasteiger charge is 2.24. The van der Waals surface area contributed by atoms with Crippen molar-refractivity contribution >= 4 is 27.6 Å². The maximum atomic E-state index is 5.70. The fraction of sp³-hybridized carbons (Fsp3) is 0.650. The van der Waals surface area contributed by atoms with Gasteiger partial charge in [-0.05, 0) is 54.2 Å². The highest BCUT2D eigenvalue weighted by atomic mass is 79.9. The molecule has 2 unspecified atom stereocenters. The van der Waals surface area contributed by atoms with E-state index in [1.165, 1.54) is 5.69 Å². The summed E-state index contributed by atoms with van der Waals surface area (Å²) in [6.45, 7) is 7.80. The van der Waals surface area contributed by atoms with E-state index in [4.69, 9.17) is 9.47 Å². The molecule has 0 aliphatic carbocycles. The third kappa shape index (κ3) is 6.36. The Bertz CT molecular complexity index is 607. The van der Waals surface area contributed by atoms with Gasteiger partial charge in [0.1, 0.15) is 0 Å². The van der Waals surface area contributed by atoms with Crippen molar-refractivity contribution < 1.29 is 9.47 Å². The molecule has 150 valence electrons. The molecule has 1 aromatic rings. The van der Waals surface area contributed by atoms with E-state index in [9.17, 15) is 0 Å². The van der Waals surface area contributed by atoms with Crippen LogP contribution < -0.4 is 15.5 Å². The third-order valence-corrected chi connectivity index (χ3v) is 5.57. The summed E-state index contributed by atoms with van der Waals surface area (Å²) >= 11 is 3.65. The number of rotatable bonds is 8. The van der Waals surface area contributed by atoms with Crippen molar-refractivity contribution in [3.63, 3.8) is 0 Å². The molecule has 0 bridgehead atoms. The molecular weight excluding hydrogens is 408 g/mol. The second-order valence-electron chi connectivity index (χ2n) is 7.00. The Morgan fingerprint density at radius 1 is 1.37 bits per heavy atom. The van der Waals surface area contributed by atoms with Crippen molar-refractivity contribution in [3.05, 3.63) is 28.7 Å². The molecule has 2 saturated heterocycles. The number of para-hydroxylation sites is 1. The van der Waals surface area contributed by atoms with Crippen molar-refractivity contribution in [1.82, 2.24) is 10.6 Å². The third-order valence-electron chi connectivity index (χ3n) is 4.90. The summed E-state index contributed by atoms with van der Waals surface area (Å²) in [7, 11) is 0. The topological polar surface area (TPSA) is 58.1 Å². The molecule has 2 fully saturated rings. The zero-order valence-electron chi connectivity index (χ0n) is 16.1. The van der Waals surface area contributed by atoms with Crippen LogP contribution in [-0.4, -0.2) is 64.1 Å². The van der Waals surface area contributed by atoms with Crippen molar-refractivity contribution in [1.29, 1.82) is 0 Å². The maximum absolute atomic E-state index is 5.70. The van der Waals surface area contributed by atoms with E-state index < -0.39 is 0 Å². The van der Waals surface area contributed by atoms with Crippen LogP contribution >= 0.6 is 15.9 Å². The molecule has 2 heterocycles. The number of hydrogen-bond acceptors (Lipinski definition) is 4. The molecule has 0 amide bonds. The Kier molecular flexibility index (Phi) is 8.23. The summed E-state index contributed by atoms with van der Waals surface area (Å²) in [5.41, 5.74) is 1.26. The van der Waals surface area contributed by atoms with Gasteiger partial charge in [-0.25, -0.2) is 0 Å². The molecule has 0 spiro atoms. The molecule has 2 aliphatic heterocycles. The highest BCUT2D eigenvalue weighted by Crippen LogP contribution is 2.28. The summed E-state index contributed by atoms with van der Waals surface area (Å²) < 4.78 is 12.4. The van der Waals surface area contributed by atoms with E-state index in [1.807, 2.05) is 0 Å². The Morgan fingerprint density at radius 3 is 3.04 bits per heavy atom. The number of ether oxygens (including phenoxy) is 2. The van der Waals surface area contributed by atoms with Crippen LogP contribution in [-0.2, 0) is 9.47 Å². The van der Waals surface area contributed by atoms with Gasteiger partial charge >= 0.3 is 0 Å². The van der Waals surface area contributed by atoms with E-state index in [0.29, 0.717) is 25.8 Å². The molecule has 3 rings (SSSR count). The molecule has 7 heteroatoms. The van der Waals surface area contributed by atoms with E-state index in [-0.39, 0.29) is 6.10 Å². The lowest BCUT2D eigenvalue weighted by Crippen LogP contribution is -2.44. The fourth-order valence-corrected chi connectivity index (χ4v) is 4.07. The van der Waals surface area contributed by atoms with E-state index in [0.717, 1.165) is 55.9 Å². The Labute approximate surface area is 170 Å². The predicted molar refractivity (Wildman–Crippen MR) is 114 cm³/mol. The van der Waals surface area contributed by atoms with E-state index in [2.05, 4.69) is 67.6 Å². The van der Waals surface area contributed by atoms with Crippen molar-refractivity contribution in [3.8, 4) is 0 Å². The number of aliphatic imine (C=N–C) groups is 1. The predicted octanol–water partition coefficient (Wildman–Crippen LogP) is 2.78. The zero-order valence-corrected chi connectivity index (χ0v) is 17.7. The molecule has 2 atom stereocenters. The van der Waals surface area contributed by atoms with Crippen LogP contribution in [0.15, 0.2) is 33.7 Å². The lowest BCUT2D eigenvalue weighted by atomic mass is 10.2. The monoisotopic (exact) mass is 438 g/mol. The van der Waals surface area contributed by atoms with Gasteiger partial charge in [0.25, 0.3) is 0 Å². The second-order valence-corrected chi connectivity index (χ2v) is 7.85. The Hall–Kier alpha value is -1.31. The van der Waals surface area contributed by atoms with Crippen LogP contribution in [0.1, 0.15) is 26.2 Å². The molecule has 1 aromatic carbocycles. The molecular formula is C20H31BrN4O2. The maximum Gasteiger partial charge on any atom is 0.191 e.